The molecule has 1 aromatic rings. The minimum Gasteiger partial charge on any atom is -0.192 e. The van der Waals surface area contributed by atoms with Crippen LogP contribution in [0.1, 0.15) is 5.56 Å². The number of H-pyrrole nitrogens is 1. The Labute approximate surface area is 50.5 Å². The summed E-state index contributed by atoms with van der Waals surface area (Å²) >= 11 is 0. The van der Waals surface area contributed by atoms with Gasteiger partial charge in [0.1, 0.15) is 6.07 Å². The Balaban J connectivity index is 3.22. The Kier molecular flexibility index (Phi) is 1.13. The number of aromatic amines is 1. The van der Waals surface area contributed by atoms with Gasteiger partial charge in [0.25, 0.3) is 0 Å². The van der Waals surface area contributed by atoms with Crippen LogP contribution in [0.5, 0.6) is 0 Å². The van der Waals surface area contributed by atoms with Gasteiger partial charge in [-0.15, -0.1) is 5.10 Å². The van der Waals surface area contributed by atoms with Crippen LogP contribution in [0.25, 0.3) is 4.98 Å². The van der Waals surface area contributed by atoms with Gasteiger partial charge >= 0.3 is 5.82 Å². The van der Waals surface area contributed by atoms with Crippen LogP contribution in [0.15, 0.2) is 6.20 Å². The molecule has 1 rings (SSSR count). The molecule has 0 aliphatic carbocycles. The van der Waals surface area contributed by atoms with Crippen LogP contribution in [-0.2, 0) is 0 Å². The molecular weight excluding hydrogens is 118 g/mol. The van der Waals surface area contributed by atoms with Crippen molar-refractivity contribution < 1.29 is 0 Å². The van der Waals surface area contributed by atoms with Crippen molar-refractivity contribution in [3.05, 3.63) is 16.7 Å². The van der Waals surface area contributed by atoms with Gasteiger partial charge in [-0.3, -0.25) is 0 Å². The zero-order valence-corrected chi connectivity index (χ0v) is 4.37. The van der Waals surface area contributed by atoms with Crippen molar-refractivity contribution >= 4 is 5.82 Å². The SMILES string of the molecule is N#Cc1cn[nH]c1[N+]#N. The summed E-state index contributed by atoms with van der Waals surface area (Å²) in [7, 11) is 0. The molecule has 0 unspecified atom stereocenters. The van der Waals surface area contributed by atoms with E-state index in [1.165, 1.54) is 6.20 Å². The van der Waals surface area contributed by atoms with Crippen LogP contribution < -0.4 is 0 Å². The normalized spacial score (nSPS) is 7.78. The first kappa shape index (κ1) is 5.26. The van der Waals surface area contributed by atoms with Gasteiger partial charge in [-0.25, -0.2) is 0 Å². The third kappa shape index (κ3) is 0.707. The highest BCUT2D eigenvalue weighted by molar-refractivity contribution is 5.50. The lowest BCUT2D eigenvalue weighted by Crippen LogP contribution is -1.63. The molecular formula is C4H2N5+. The number of rotatable bonds is 0. The van der Waals surface area contributed by atoms with Crippen molar-refractivity contribution in [2.45, 2.75) is 0 Å². The quantitative estimate of drug-likeness (QED) is 0.513. The molecule has 0 aliphatic rings. The number of nitrogens with zero attached hydrogens (tertiary/aromatic N) is 4. The number of hydrogen-bond acceptors (Lipinski definition) is 3. The second-order valence-electron chi connectivity index (χ2n) is 1.34. The molecule has 0 aliphatic heterocycles. The van der Waals surface area contributed by atoms with E-state index in [9.17, 15) is 0 Å². The molecule has 0 fully saturated rings. The third-order valence-electron chi connectivity index (χ3n) is 0.840. The Morgan fingerprint density at radius 2 is 2.56 bits per heavy atom. The lowest BCUT2D eigenvalue weighted by atomic mass is 10.4. The molecule has 0 saturated carbocycles. The van der Waals surface area contributed by atoms with Gasteiger partial charge in [0, 0.05) is 4.98 Å². The van der Waals surface area contributed by atoms with E-state index >= 15 is 0 Å². The molecule has 0 spiro atoms. The van der Waals surface area contributed by atoms with Gasteiger partial charge in [0.05, 0.1) is 11.6 Å². The van der Waals surface area contributed by atoms with E-state index in [-0.39, 0.29) is 11.4 Å². The van der Waals surface area contributed by atoms with E-state index in [0.717, 1.165) is 0 Å². The fraction of sp³-hybridized carbons (Fsp3) is 0. The molecule has 0 aromatic carbocycles. The summed E-state index contributed by atoms with van der Waals surface area (Å²) in [5, 5.41) is 22.2. The number of diazo groups is 1. The molecule has 0 saturated heterocycles. The standard InChI is InChI=1S/C4H2N5/c5-1-3-2-7-9-4(3)8-6/h2H,(H,7,9)/q+1. The van der Waals surface area contributed by atoms with E-state index in [4.69, 9.17) is 10.7 Å². The summed E-state index contributed by atoms with van der Waals surface area (Å²) in [5.41, 5.74) is 0.234. The molecule has 0 atom stereocenters. The van der Waals surface area contributed by atoms with Crippen molar-refractivity contribution in [3.63, 3.8) is 0 Å². The molecule has 1 heterocycles. The van der Waals surface area contributed by atoms with Crippen LogP contribution in [0, 0.1) is 16.7 Å². The maximum Gasteiger partial charge on any atom is 0.461 e. The van der Waals surface area contributed by atoms with Gasteiger partial charge < -0.3 is 0 Å². The van der Waals surface area contributed by atoms with Crippen LogP contribution >= 0.6 is 0 Å². The van der Waals surface area contributed by atoms with Gasteiger partial charge in [-0.2, -0.15) is 5.26 Å². The largest absolute Gasteiger partial charge is 0.461 e. The molecule has 9 heavy (non-hydrogen) atoms. The van der Waals surface area contributed by atoms with Crippen molar-refractivity contribution in [3.8, 4) is 6.07 Å². The van der Waals surface area contributed by atoms with Gasteiger partial charge in [-0.05, 0) is 0 Å². The fourth-order valence-electron chi connectivity index (χ4n) is 0.437. The lowest BCUT2D eigenvalue weighted by molar-refractivity contribution is 1.10. The van der Waals surface area contributed by atoms with E-state index in [2.05, 4.69) is 15.2 Å². The van der Waals surface area contributed by atoms with Crippen LogP contribution in [0.3, 0.4) is 0 Å². The highest BCUT2D eigenvalue weighted by Crippen LogP contribution is 2.11. The Hall–Kier alpha value is -1.88. The molecule has 1 N–H and O–H groups in total. The lowest BCUT2D eigenvalue weighted by Gasteiger charge is -1.60. The van der Waals surface area contributed by atoms with E-state index < -0.39 is 0 Å². The number of nitriles is 1. The fourth-order valence-corrected chi connectivity index (χ4v) is 0.437. The molecule has 0 radical (unpaired) electrons. The van der Waals surface area contributed by atoms with Crippen LogP contribution in [0.2, 0.25) is 0 Å². The van der Waals surface area contributed by atoms with Gasteiger partial charge in [0.2, 0.25) is 0 Å². The highest BCUT2D eigenvalue weighted by atomic mass is 15.2. The predicted molar refractivity (Wildman–Crippen MR) is 28.0 cm³/mol. The van der Waals surface area contributed by atoms with E-state index in [0.29, 0.717) is 0 Å². The van der Waals surface area contributed by atoms with Gasteiger partial charge in [-0.1, -0.05) is 5.10 Å². The van der Waals surface area contributed by atoms with Crippen molar-refractivity contribution in [2.24, 2.45) is 0 Å². The van der Waals surface area contributed by atoms with Crippen molar-refractivity contribution in [2.75, 3.05) is 0 Å². The maximum absolute atomic E-state index is 8.26. The molecule has 5 heteroatoms. The predicted octanol–water partition coefficient (Wildman–Crippen LogP) is 0.766. The van der Waals surface area contributed by atoms with Crippen molar-refractivity contribution in [1.29, 1.82) is 10.7 Å². The summed E-state index contributed by atoms with van der Waals surface area (Å²) < 4.78 is 0. The van der Waals surface area contributed by atoms with Crippen LogP contribution in [0.4, 0.5) is 5.82 Å². The topological polar surface area (TPSA) is 80.6 Å². The Morgan fingerprint density at radius 1 is 1.78 bits per heavy atom. The van der Waals surface area contributed by atoms with Crippen LogP contribution in [-0.4, -0.2) is 10.2 Å². The number of aromatic nitrogens is 2. The first-order chi connectivity index (χ1) is 4.38. The summed E-state index contributed by atoms with van der Waals surface area (Å²) in [5.74, 6) is 0.0949. The molecule has 42 valence electrons. The highest BCUT2D eigenvalue weighted by Gasteiger charge is 2.12. The van der Waals surface area contributed by atoms with Gasteiger partial charge in [0.15, 0.2) is 5.56 Å². The zero-order valence-electron chi connectivity index (χ0n) is 4.37. The molecule has 1 aromatic heterocycles. The Bertz CT molecular complexity index is 256. The molecule has 0 bridgehead atoms. The minimum absolute atomic E-state index is 0.0949. The number of hydrogen-bond donors (Lipinski definition) is 1. The first-order valence-electron chi connectivity index (χ1n) is 2.17. The zero-order chi connectivity index (χ0) is 6.69. The molecule has 5 nitrogen and oxygen atoms in total. The summed E-state index contributed by atoms with van der Waals surface area (Å²) in [6.45, 7) is 0. The third-order valence-corrected chi connectivity index (χ3v) is 0.840. The first-order valence-corrected chi connectivity index (χ1v) is 2.17. The van der Waals surface area contributed by atoms with Crippen molar-refractivity contribution in [1.82, 2.24) is 10.2 Å². The second-order valence-corrected chi connectivity index (χ2v) is 1.34. The maximum atomic E-state index is 8.26. The summed E-state index contributed by atoms with van der Waals surface area (Å²) in [6, 6.07) is 1.78. The average Bonchev–Trinajstić information content (AvgIpc) is 2.33. The summed E-state index contributed by atoms with van der Waals surface area (Å²) in [4.78, 5) is 2.76. The minimum atomic E-state index is 0.0949. The second kappa shape index (κ2) is 1.93. The monoisotopic (exact) mass is 120 g/mol. The van der Waals surface area contributed by atoms with E-state index in [1.54, 1.807) is 6.07 Å². The smallest absolute Gasteiger partial charge is 0.192 e. The average molecular weight is 120 g/mol. The van der Waals surface area contributed by atoms with E-state index in [1.807, 2.05) is 0 Å². The molecule has 0 amide bonds. The number of nitrogens with one attached hydrogen (secondary N) is 1. The Morgan fingerprint density at radius 3 is 3.00 bits per heavy atom. The summed E-state index contributed by atoms with van der Waals surface area (Å²) in [6.07, 6.45) is 1.29.